The molecule has 6 nitrogen and oxygen atoms in total. The molecular formula is C15H18N4O2. The Hall–Kier alpha value is -2.50. The number of carbonyl (C=O) groups excluding carboxylic acids is 1. The second-order valence-corrected chi connectivity index (χ2v) is 5.21. The number of nitrogens with one attached hydrogen (secondary N) is 2. The van der Waals surface area contributed by atoms with Crippen molar-refractivity contribution < 1.29 is 9.53 Å². The second-order valence-electron chi connectivity index (χ2n) is 5.21. The third-order valence-electron chi connectivity index (χ3n) is 3.36. The van der Waals surface area contributed by atoms with Crippen molar-refractivity contribution in [1.29, 1.82) is 0 Å². The quantitative estimate of drug-likeness (QED) is 0.888. The van der Waals surface area contributed by atoms with E-state index in [1.807, 2.05) is 23.0 Å². The van der Waals surface area contributed by atoms with Crippen molar-refractivity contribution in [2.45, 2.75) is 19.4 Å². The molecular weight excluding hydrogens is 268 g/mol. The van der Waals surface area contributed by atoms with Crippen molar-refractivity contribution in [1.82, 2.24) is 9.78 Å². The van der Waals surface area contributed by atoms with E-state index in [-0.39, 0.29) is 6.03 Å². The highest BCUT2D eigenvalue weighted by Gasteiger charge is 2.22. The van der Waals surface area contributed by atoms with E-state index in [0.29, 0.717) is 17.1 Å². The van der Waals surface area contributed by atoms with Crippen LogP contribution in [0.3, 0.4) is 0 Å². The molecule has 1 aliphatic carbocycles. The Labute approximate surface area is 123 Å². The van der Waals surface area contributed by atoms with Gasteiger partial charge < -0.3 is 15.4 Å². The number of aromatic nitrogens is 2. The molecule has 6 heteroatoms. The van der Waals surface area contributed by atoms with Crippen LogP contribution in [0.15, 0.2) is 36.7 Å². The number of hydrogen-bond donors (Lipinski definition) is 2. The lowest BCUT2D eigenvalue weighted by Gasteiger charge is -2.07. The first kappa shape index (κ1) is 13.5. The van der Waals surface area contributed by atoms with Gasteiger partial charge in [-0.1, -0.05) is 6.07 Å². The van der Waals surface area contributed by atoms with Crippen molar-refractivity contribution in [3.05, 3.63) is 36.7 Å². The molecule has 110 valence electrons. The molecule has 1 aromatic carbocycles. The van der Waals surface area contributed by atoms with Gasteiger partial charge in [0.25, 0.3) is 0 Å². The molecule has 0 bridgehead atoms. The lowest BCUT2D eigenvalue weighted by Crippen LogP contribution is -2.19. The molecule has 1 heterocycles. The fourth-order valence-electron chi connectivity index (χ4n) is 2.09. The van der Waals surface area contributed by atoms with E-state index in [9.17, 15) is 4.79 Å². The summed E-state index contributed by atoms with van der Waals surface area (Å²) in [7, 11) is 1.59. The number of nitrogens with zero attached hydrogens (tertiary/aromatic N) is 2. The van der Waals surface area contributed by atoms with Crippen LogP contribution < -0.4 is 15.4 Å². The Bertz CT molecular complexity index is 634. The zero-order chi connectivity index (χ0) is 14.7. The molecule has 0 atom stereocenters. The number of methoxy groups -OCH3 is 1. The van der Waals surface area contributed by atoms with Crippen molar-refractivity contribution >= 4 is 17.4 Å². The Morgan fingerprint density at radius 1 is 1.38 bits per heavy atom. The van der Waals surface area contributed by atoms with E-state index in [1.165, 1.54) is 12.8 Å². The van der Waals surface area contributed by atoms with Crippen molar-refractivity contribution in [3.63, 3.8) is 0 Å². The normalized spacial score (nSPS) is 13.8. The van der Waals surface area contributed by atoms with Crippen molar-refractivity contribution in [2.75, 3.05) is 17.7 Å². The summed E-state index contributed by atoms with van der Waals surface area (Å²) in [6.45, 7) is 0.930. The molecule has 0 unspecified atom stereocenters. The molecule has 1 saturated carbocycles. The number of carbonyl (C=O) groups is 1. The van der Waals surface area contributed by atoms with Crippen LogP contribution in [0.5, 0.6) is 5.75 Å². The third kappa shape index (κ3) is 3.75. The van der Waals surface area contributed by atoms with E-state index < -0.39 is 0 Å². The predicted molar refractivity (Wildman–Crippen MR) is 80.6 cm³/mol. The minimum atomic E-state index is -0.297. The van der Waals surface area contributed by atoms with E-state index in [2.05, 4.69) is 15.7 Å². The van der Waals surface area contributed by atoms with Crippen LogP contribution >= 0.6 is 0 Å². The molecule has 1 aromatic heterocycles. The van der Waals surface area contributed by atoms with Gasteiger partial charge in [-0.25, -0.2) is 4.79 Å². The molecule has 1 fully saturated rings. The lowest BCUT2D eigenvalue weighted by molar-refractivity contribution is 0.262. The maximum absolute atomic E-state index is 11.9. The number of urea groups is 1. The van der Waals surface area contributed by atoms with Gasteiger partial charge in [-0.2, -0.15) is 5.10 Å². The highest BCUT2D eigenvalue weighted by Crippen LogP contribution is 2.30. The van der Waals surface area contributed by atoms with Crippen LogP contribution in [-0.2, 0) is 6.54 Å². The van der Waals surface area contributed by atoms with Gasteiger partial charge in [-0.05, 0) is 30.9 Å². The summed E-state index contributed by atoms with van der Waals surface area (Å²) < 4.78 is 6.99. The molecule has 3 rings (SSSR count). The number of rotatable bonds is 5. The van der Waals surface area contributed by atoms with Gasteiger partial charge in [0, 0.05) is 24.5 Å². The van der Waals surface area contributed by atoms with E-state index >= 15 is 0 Å². The summed E-state index contributed by atoms with van der Waals surface area (Å²) >= 11 is 0. The first-order valence-corrected chi connectivity index (χ1v) is 6.97. The Kier molecular flexibility index (Phi) is 3.77. The zero-order valence-corrected chi connectivity index (χ0v) is 11.9. The van der Waals surface area contributed by atoms with Gasteiger partial charge in [0.1, 0.15) is 5.75 Å². The van der Waals surface area contributed by atoms with Gasteiger partial charge in [-0.3, -0.25) is 4.68 Å². The smallest absolute Gasteiger partial charge is 0.323 e. The predicted octanol–water partition coefficient (Wildman–Crippen LogP) is 2.95. The van der Waals surface area contributed by atoms with Crippen LogP contribution in [0, 0.1) is 5.92 Å². The second kappa shape index (κ2) is 5.87. The number of anilines is 2. The van der Waals surface area contributed by atoms with Gasteiger partial charge in [0.2, 0.25) is 0 Å². The van der Waals surface area contributed by atoms with Crippen LogP contribution in [0.4, 0.5) is 16.2 Å². The zero-order valence-electron chi connectivity index (χ0n) is 11.9. The molecule has 21 heavy (non-hydrogen) atoms. The Balaban J connectivity index is 1.56. The molecule has 0 spiro atoms. The van der Waals surface area contributed by atoms with Crippen LogP contribution in [0.25, 0.3) is 0 Å². The Morgan fingerprint density at radius 3 is 2.95 bits per heavy atom. The highest BCUT2D eigenvalue weighted by atomic mass is 16.5. The SMILES string of the molecule is COc1cccc(NC(=O)Nc2cnn(CC3CC3)c2)c1. The molecule has 2 N–H and O–H groups in total. The van der Waals surface area contributed by atoms with E-state index in [4.69, 9.17) is 4.74 Å². The average Bonchev–Trinajstić information content (AvgIpc) is 3.18. The number of amides is 2. The summed E-state index contributed by atoms with van der Waals surface area (Å²) in [5.41, 5.74) is 1.37. The molecule has 2 amide bonds. The van der Waals surface area contributed by atoms with Gasteiger partial charge in [0.15, 0.2) is 0 Å². The molecule has 1 aliphatic rings. The standard InChI is InChI=1S/C15H18N4O2/c1-21-14-4-2-3-12(7-14)17-15(20)18-13-8-16-19(10-13)9-11-5-6-11/h2-4,7-8,10-11H,5-6,9H2,1H3,(H2,17,18,20). The van der Waals surface area contributed by atoms with Gasteiger partial charge in [-0.15, -0.1) is 0 Å². The summed E-state index contributed by atoms with van der Waals surface area (Å²) in [5.74, 6) is 1.45. The van der Waals surface area contributed by atoms with Gasteiger partial charge >= 0.3 is 6.03 Å². The minimum Gasteiger partial charge on any atom is -0.497 e. The number of hydrogen-bond acceptors (Lipinski definition) is 3. The summed E-state index contributed by atoms with van der Waals surface area (Å²) in [5, 5.41) is 9.77. The fraction of sp³-hybridized carbons (Fsp3) is 0.333. The van der Waals surface area contributed by atoms with E-state index in [1.54, 1.807) is 25.4 Å². The topological polar surface area (TPSA) is 68.2 Å². The summed E-state index contributed by atoms with van der Waals surface area (Å²) in [4.78, 5) is 11.9. The lowest BCUT2D eigenvalue weighted by atomic mass is 10.3. The first-order valence-electron chi connectivity index (χ1n) is 6.97. The highest BCUT2D eigenvalue weighted by molar-refractivity contribution is 5.99. The van der Waals surface area contributed by atoms with Crippen LogP contribution in [0.2, 0.25) is 0 Å². The van der Waals surface area contributed by atoms with Crippen molar-refractivity contribution in [2.24, 2.45) is 5.92 Å². The molecule has 0 saturated heterocycles. The monoisotopic (exact) mass is 286 g/mol. The van der Waals surface area contributed by atoms with Crippen LogP contribution in [-0.4, -0.2) is 22.9 Å². The maximum Gasteiger partial charge on any atom is 0.323 e. The number of benzene rings is 1. The Morgan fingerprint density at radius 2 is 2.19 bits per heavy atom. The maximum atomic E-state index is 11.9. The molecule has 0 radical (unpaired) electrons. The molecule has 0 aliphatic heterocycles. The summed E-state index contributed by atoms with van der Waals surface area (Å²) in [6.07, 6.45) is 6.06. The first-order chi connectivity index (χ1) is 10.2. The number of ether oxygens (including phenoxy) is 1. The van der Waals surface area contributed by atoms with Gasteiger partial charge in [0.05, 0.1) is 19.0 Å². The third-order valence-corrected chi connectivity index (χ3v) is 3.36. The van der Waals surface area contributed by atoms with Crippen LogP contribution in [0.1, 0.15) is 12.8 Å². The minimum absolute atomic E-state index is 0.297. The average molecular weight is 286 g/mol. The summed E-state index contributed by atoms with van der Waals surface area (Å²) in [6, 6.07) is 6.91. The molecule has 2 aromatic rings. The van der Waals surface area contributed by atoms with Crippen molar-refractivity contribution in [3.8, 4) is 5.75 Å². The fourth-order valence-corrected chi connectivity index (χ4v) is 2.09. The van der Waals surface area contributed by atoms with E-state index in [0.717, 1.165) is 12.5 Å². The largest absolute Gasteiger partial charge is 0.497 e.